The van der Waals surface area contributed by atoms with Gasteiger partial charge in [0.25, 0.3) is 0 Å². The number of para-hydroxylation sites is 1. The molecule has 0 bridgehead atoms. The van der Waals surface area contributed by atoms with E-state index in [4.69, 9.17) is 21.4 Å². The average molecular weight is 318 g/mol. The molecule has 1 unspecified atom stereocenters. The Bertz CT molecular complexity index is 677. The lowest BCUT2D eigenvalue weighted by molar-refractivity contribution is 0.107. The summed E-state index contributed by atoms with van der Waals surface area (Å²) in [6.07, 6.45) is 5.74. The van der Waals surface area contributed by atoms with Crippen molar-refractivity contribution in [2.75, 3.05) is 18.5 Å². The van der Waals surface area contributed by atoms with Crippen molar-refractivity contribution >= 4 is 17.4 Å². The summed E-state index contributed by atoms with van der Waals surface area (Å²) < 4.78 is 7.86. The fourth-order valence-electron chi connectivity index (χ4n) is 3.38. The van der Waals surface area contributed by atoms with Crippen molar-refractivity contribution in [3.05, 3.63) is 40.5 Å². The summed E-state index contributed by atoms with van der Waals surface area (Å²) in [5.74, 6) is 1.09. The predicted octanol–water partition coefficient (Wildman–Crippen LogP) is 4.13. The Kier molecular flexibility index (Phi) is 3.80. The van der Waals surface area contributed by atoms with Crippen LogP contribution in [-0.2, 0) is 11.2 Å². The van der Waals surface area contributed by atoms with Crippen molar-refractivity contribution in [2.24, 2.45) is 0 Å². The van der Waals surface area contributed by atoms with Crippen LogP contribution < -0.4 is 5.32 Å². The fourth-order valence-corrected chi connectivity index (χ4v) is 3.59. The first-order valence-corrected chi connectivity index (χ1v) is 8.44. The van der Waals surface area contributed by atoms with E-state index in [1.807, 2.05) is 28.9 Å². The van der Waals surface area contributed by atoms with Gasteiger partial charge in [-0.2, -0.15) is 5.10 Å². The first kappa shape index (κ1) is 14.1. The van der Waals surface area contributed by atoms with Gasteiger partial charge in [-0.05, 0) is 44.2 Å². The number of fused-ring (bicyclic) bond motifs is 1. The Labute approximate surface area is 135 Å². The van der Waals surface area contributed by atoms with Gasteiger partial charge in [0.15, 0.2) is 0 Å². The molecule has 4 nitrogen and oxygen atoms in total. The topological polar surface area (TPSA) is 39.1 Å². The molecule has 2 aliphatic heterocycles. The van der Waals surface area contributed by atoms with Crippen LogP contribution in [0.25, 0.3) is 5.69 Å². The lowest BCUT2D eigenvalue weighted by atomic mass is 10.0. The first-order chi connectivity index (χ1) is 10.8. The number of hydrogen-bond acceptors (Lipinski definition) is 3. The summed E-state index contributed by atoms with van der Waals surface area (Å²) in [5.41, 5.74) is 3.34. The van der Waals surface area contributed by atoms with Crippen molar-refractivity contribution in [3.63, 3.8) is 0 Å². The number of aromatic nitrogens is 2. The zero-order valence-electron chi connectivity index (χ0n) is 12.5. The molecule has 1 saturated heterocycles. The van der Waals surface area contributed by atoms with Gasteiger partial charge in [-0.3, -0.25) is 0 Å². The molecule has 0 amide bonds. The smallest absolute Gasteiger partial charge is 0.133 e. The lowest BCUT2D eigenvalue weighted by Gasteiger charge is -2.10. The van der Waals surface area contributed by atoms with Crippen molar-refractivity contribution < 1.29 is 4.74 Å². The van der Waals surface area contributed by atoms with E-state index >= 15 is 0 Å². The van der Waals surface area contributed by atoms with E-state index < -0.39 is 0 Å². The Morgan fingerprint density at radius 2 is 2.14 bits per heavy atom. The van der Waals surface area contributed by atoms with Crippen LogP contribution in [0.4, 0.5) is 5.82 Å². The van der Waals surface area contributed by atoms with E-state index in [1.165, 1.54) is 18.4 Å². The number of ether oxygens (including phenoxy) is 1. The minimum Gasteiger partial charge on any atom is -0.372 e. The van der Waals surface area contributed by atoms with Gasteiger partial charge in [0.2, 0.25) is 0 Å². The normalized spacial score (nSPS) is 21.2. The molecule has 0 radical (unpaired) electrons. The lowest BCUT2D eigenvalue weighted by Crippen LogP contribution is -2.07. The van der Waals surface area contributed by atoms with E-state index in [9.17, 15) is 0 Å². The average Bonchev–Trinajstić information content (AvgIpc) is 3.10. The van der Waals surface area contributed by atoms with Crippen LogP contribution in [-0.4, -0.2) is 22.9 Å². The summed E-state index contributed by atoms with van der Waals surface area (Å²) in [4.78, 5) is 0. The summed E-state index contributed by atoms with van der Waals surface area (Å²) >= 11 is 6.39. The molecular formula is C17H20ClN3O. The maximum absolute atomic E-state index is 6.39. The molecule has 4 rings (SSSR count). The molecule has 3 heterocycles. The van der Waals surface area contributed by atoms with E-state index in [2.05, 4.69) is 5.32 Å². The van der Waals surface area contributed by atoms with Crippen LogP contribution in [0.1, 0.15) is 43.0 Å². The van der Waals surface area contributed by atoms with Gasteiger partial charge < -0.3 is 10.1 Å². The van der Waals surface area contributed by atoms with Gasteiger partial charge in [-0.1, -0.05) is 23.7 Å². The van der Waals surface area contributed by atoms with Gasteiger partial charge in [0.1, 0.15) is 11.9 Å². The second kappa shape index (κ2) is 5.94. The minimum atomic E-state index is 0.136. The minimum absolute atomic E-state index is 0.136. The third kappa shape index (κ3) is 2.40. The summed E-state index contributed by atoms with van der Waals surface area (Å²) in [5, 5.41) is 9.16. The number of rotatable bonds is 2. The van der Waals surface area contributed by atoms with Crippen LogP contribution in [0.3, 0.4) is 0 Å². The Balaban J connectivity index is 1.86. The SMILES string of the molecule is Clc1ccccc1-n1nc(C2CCCO2)c2c1NCCCC2. The highest BCUT2D eigenvalue weighted by Gasteiger charge is 2.29. The van der Waals surface area contributed by atoms with Crippen molar-refractivity contribution in [1.29, 1.82) is 0 Å². The highest BCUT2D eigenvalue weighted by molar-refractivity contribution is 6.32. The summed E-state index contributed by atoms with van der Waals surface area (Å²) in [6.45, 7) is 1.82. The molecule has 1 atom stereocenters. The number of nitrogens with one attached hydrogen (secondary N) is 1. The number of anilines is 1. The van der Waals surface area contributed by atoms with Crippen LogP contribution in [0.15, 0.2) is 24.3 Å². The standard InChI is InChI=1S/C17H20ClN3O/c18-13-7-1-2-8-14(13)21-17-12(6-3-4-10-19-17)16(20-21)15-9-5-11-22-15/h1-2,7-8,15,19H,3-6,9-11H2. The Morgan fingerprint density at radius 1 is 1.23 bits per heavy atom. The van der Waals surface area contributed by atoms with Crippen LogP contribution in [0.5, 0.6) is 0 Å². The largest absolute Gasteiger partial charge is 0.372 e. The molecule has 2 aromatic rings. The molecule has 5 heteroatoms. The molecule has 1 aromatic carbocycles. The molecule has 0 aliphatic carbocycles. The van der Waals surface area contributed by atoms with Gasteiger partial charge in [0.05, 0.1) is 16.4 Å². The maximum atomic E-state index is 6.39. The van der Waals surface area contributed by atoms with Crippen molar-refractivity contribution in [3.8, 4) is 5.69 Å². The van der Waals surface area contributed by atoms with E-state index in [-0.39, 0.29) is 6.10 Å². The molecular weight excluding hydrogens is 298 g/mol. The van der Waals surface area contributed by atoms with E-state index in [0.29, 0.717) is 0 Å². The third-order valence-electron chi connectivity index (χ3n) is 4.48. The maximum Gasteiger partial charge on any atom is 0.133 e. The second-order valence-corrected chi connectivity index (χ2v) is 6.37. The first-order valence-electron chi connectivity index (χ1n) is 8.07. The predicted molar refractivity (Wildman–Crippen MR) is 87.9 cm³/mol. The van der Waals surface area contributed by atoms with Crippen LogP contribution >= 0.6 is 11.6 Å². The molecule has 1 fully saturated rings. The van der Waals surface area contributed by atoms with E-state index in [1.54, 1.807) is 0 Å². The highest BCUT2D eigenvalue weighted by atomic mass is 35.5. The van der Waals surface area contributed by atoms with Crippen molar-refractivity contribution in [2.45, 2.75) is 38.2 Å². The van der Waals surface area contributed by atoms with E-state index in [0.717, 1.165) is 54.6 Å². The Hall–Kier alpha value is -1.52. The van der Waals surface area contributed by atoms with Crippen molar-refractivity contribution in [1.82, 2.24) is 9.78 Å². The van der Waals surface area contributed by atoms with Gasteiger partial charge in [-0.25, -0.2) is 4.68 Å². The molecule has 116 valence electrons. The second-order valence-electron chi connectivity index (χ2n) is 5.96. The molecule has 0 spiro atoms. The van der Waals surface area contributed by atoms with Gasteiger partial charge in [0, 0.05) is 18.7 Å². The summed E-state index contributed by atoms with van der Waals surface area (Å²) in [6, 6.07) is 7.87. The third-order valence-corrected chi connectivity index (χ3v) is 4.80. The zero-order valence-corrected chi connectivity index (χ0v) is 13.3. The number of hydrogen-bond donors (Lipinski definition) is 1. The number of benzene rings is 1. The molecule has 1 aromatic heterocycles. The number of nitrogens with zero attached hydrogens (tertiary/aromatic N) is 2. The summed E-state index contributed by atoms with van der Waals surface area (Å²) in [7, 11) is 0. The molecule has 0 saturated carbocycles. The fraction of sp³-hybridized carbons (Fsp3) is 0.471. The quantitative estimate of drug-likeness (QED) is 0.905. The molecule has 2 aliphatic rings. The zero-order chi connectivity index (χ0) is 14.9. The van der Waals surface area contributed by atoms with Crippen LogP contribution in [0, 0.1) is 0 Å². The Morgan fingerprint density at radius 3 is 2.95 bits per heavy atom. The monoisotopic (exact) mass is 317 g/mol. The van der Waals surface area contributed by atoms with Gasteiger partial charge in [-0.15, -0.1) is 0 Å². The van der Waals surface area contributed by atoms with Crippen LogP contribution in [0.2, 0.25) is 5.02 Å². The van der Waals surface area contributed by atoms with Gasteiger partial charge >= 0.3 is 0 Å². The number of halogens is 1. The molecule has 22 heavy (non-hydrogen) atoms. The highest BCUT2D eigenvalue weighted by Crippen LogP contribution is 2.37. The molecule has 1 N–H and O–H groups in total.